The molecule has 0 saturated heterocycles. The van der Waals surface area contributed by atoms with Crippen LogP contribution in [0.4, 0.5) is 0 Å². The highest BCUT2D eigenvalue weighted by Gasteiger charge is 2.62. The van der Waals surface area contributed by atoms with Gasteiger partial charge in [0.1, 0.15) is 11.2 Å². The Morgan fingerprint density at radius 3 is 1.86 bits per heavy atom. The predicted molar refractivity (Wildman–Crippen MR) is 209 cm³/mol. The van der Waals surface area contributed by atoms with Crippen molar-refractivity contribution in [1.29, 1.82) is 0 Å². The van der Waals surface area contributed by atoms with E-state index in [1.165, 1.54) is 98.2 Å². The minimum atomic E-state index is 0.0583. The van der Waals surface area contributed by atoms with Crippen LogP contribution in [0.25, 0.3) is 77.2 Å². The molecule has 13 rings (SSSR count). The second-order valence-corrected chi connectivity index (χ2v) is 15.9. The van der Waals surface area contributed by atoms with Crippen molar-refractivity contribution in [3.63, 3.8) is 0 Å². The van der Waals surface area contributed by atoms with Crippen molar-refractivity contribution in [2.24, 2.45) is 23.7 Å². The molecule has 0 amide bonds. The van der Waals surface area contributed by atoms with E-state index >= 15 is 0 Å². The molecule has 2 heteroatoms. The van der Waals surface area contributed by atoms with Crippen LogP contribution in [-0.4, -0.2) is 4.98 Å². The van der Waals surface area contributed by atoms with Crippen LogP contribution in [-0.2, 0) is 5.41 Å². The third-order valence-electron chi connectivity index (χ3n) is 13.6. The van der Waals surface area contributed by atoms with Gasteiger partial charge in [0.2, 0.25) is 0 Å². The van der Waals surface area contributed by atoms with Crippen LogP contribution in [0.1, 0.15) is 43.2 Å². The Morgan fingerprint density at radius 2 is 1.06 bits per heavy atom. The number of hydrogen-bond donors (Lipinski definition) is 0. The first-order valence-electron chi connectivity index (χ1n) is 18.9. The Bertz CT molecular complexity index is 2690. The Hall–Kier alpha value is -5.47. The van der Waals surface area contributed by atoms with Gasteiger partial charge in [-0.05, 0) is 159 Å². The Labute approximate surface area is 297 Å². The molecule has 1 spiro atoms. The van der Waals surface area contributed by atoms with E-state index in [9.17, 15) is 0 Å². The minimum Gasteiger partial charge on any atom is -0.456 e. The van der Waals surface area contributed by atoms with Crippen LogP contribution in [0, 0.1) is 23.7 Å². The Morgan fingerprint density at radius 1 is 0.451 bits per heavy atom. The summed E-state index contributed by atoms with van der Waals surface area (Å²) in [6, 6.07) is 48.0. The van der Waals surface area contributed by atoms with Crippen LogP contribution in [0.2, 0.25) is 0 Å². The SMILES string of the molecule is c1cc2c(c(-c3cccc4c(-c5ccncc5)cccc34)c1)C1(c3ccc(-c4ccc5oc6ccccc6c5c4)cc3-2)C2CC3CC(C2)CC1C3. The molecule has 4 bridgehead atoms. The summed E-state index contributed by atoms with van der Waals surface area (Å²) >= 11 is 0. The van der Waals surface area contributed by atoms with Gasteiger partial charge < -0.3 is 4.42 Å². The van der Waals surface area contributed by atoms with Gasteiger partial charge in [-0.15, -0.1) is 0 Å². The lowest BCUT2D eigenvalue weighted by Crippen LogP contribution is -2.55. The number of pyridine rings is 1. The zero-order chi connectivity index (χ0) is 33.3. The maximum atomic E-state index is 6.21. The van der Waals surface area contributed by atoms with Gasteiger partial charge in [-0.2, -0.15) is 0 Å². The second-order valence-electron chi connectivity index (χ2n) is 15.9. The van der Waals surface area contributed by atoms with Gasteiger partial charge in [-0.1, -0.05) is 91.0 Å². The lowest BCUT2D eigenvalue weighted by molar-refractivity contribution is -0.0397. The van der Waals surface area contributed by atoms with E-state index in [-0.39, 0.29) is 5.41 Å². The number of rotatable bonds is 3. The summed E-state index contributed by atoms with van der Waals surface area (Å²) in [5.74, 6) is 3.18. The molecule has 0 unspecified atom stereocenters. The number of fused-ring (bicyclic) bond motifs is 7. The maximum absolute atomic E-state index is 6.21. The summed E-state index contributed by atoms with van der Waals surface area (Å²) in [7, 11) is 0. The number of nitrogens with zero attached hydrogens (tertiary/aromatic N) is 1. The van der Waals surface area contributed by atoms with Gasteiger partial charge in [0.05, 0.1) is 0 Å². The van der Waals surface area contributed by atoms with Crippen molar-refractivity contribution in [2.45, 2.75) is 37.5 Å². The fourth-order valence-electron chi connectivity index (χ4n) is 11.9. The number of benzene rings is 6. The lowest BCUT2D eigenvalue weighted by Gasteiger charge is -2.61. The second kappa shape index (κ2) is 10.3. The van der Waals surface area contributed by atoms with Crippen LogP contribution in [0.5, 0.6) is 0 Å². The summed E-state index contributed by atoms with van der Waals surface area (Å²) in [6.45, 7) is 0. The standard InChI is InChI=1S/C49H37NO/c1-2-13-46-40(6-1)44-28-33(15-17-47(44)51-46)32-14-16-45-43(27-32)42-12-5-11-41(48(42)49(45)34-23-29-22-30(25-34)26-35(49)24-29)39-10-4-8-37-36(7-3-9-38(37)39)31-18-20-50-21-19-31/h1-21,27-30,34-35H,22-26H2. The molecular formula is C49H37NO. The van der Waals surface area contributed by atoms with Crippen molar-refractivity contribution in [3.8, 4) is 44.5 Å². The summed E-state index contributed by atoms with van der Waals surface area (Å²) in [5, 5.41) is 5.00. The first-order valence-corrected chi connectivity index (χ1v) is 18.9. The smallest absolute Gasteiger partial charge is 0.135 e. The fourth-order valence-corrected chi connectivity index (χ4v) is 11.9. The fraction of sp³-hybridized carbons (Fsp3) is 0.204. The van der Waals surface area contributed by atoms with Crippen molar-refractivity contribution >= 4 is 32.7 Å². The monoisotopic (exact) mass is 655 g/mol. The van der Waals surface area contributed by atoms with Gasteiger partial charge in [0.25, 0.3) is 0 Å². The molecule has 0 N–H and O–H groups in total. The molecule has 6 aromatic carbocycles. The van der Waals surface area contributed by atoms with Crippen molar-refractivity contribution in [1.82, 2.24) is 4.98 Å². The molecule has 0 atom stereocenters. The molecule has 51 heavy (non-hydrogen) atoms. The first kappa shape index (κ1) is 28.3. The van der Waals surface area contributed by atoms with E-state index in [1.807, 2.05) is 12.4 Å². The molecule has 5 aliphatic rings. The number of aromatic nitrogens is 1. The van der Waals surface area contributed by atoms with E-state index in [4.69, 9.17) is 4.42 Å². The molecule has 0 radical (unpaired) electrons. The molecule has 4 saturated carbocycles. The summed E-state index contributed by atoms with van der Waals surface area (Å²) in [4.78, 5) is 4.30. The third-order valence-corrected chi connectivity index (χ3v) is 13.6. The minimum absolute atomic E-state index is 0.0583. The van der Waals surface area contributed by atoms with Crippen LogP contribution in [0.15, 0.2) is 144 Å². The van der Waals surface area contributed by atoms with Crippen LogP contribution < -0.4 is 0 Å². The van der Waals surface area contributed by atoms with E-state index in [0.717, 1.165) is 23.0 Å². The highest BCUT2D eigenvalue weighted by Crippen LogP contribution is 2.70. The van der Waals surface area contributed by atoms with E-state index in [0.29, 0.717) is 11.8 Å². The molecule has 4 fully saturated rings. The third kappa shape index (κ3) is 3.80. The van der Waals surface area contributed by atoms with Crippen molar-refractivity contribution in [3.05, 3.63) is 151 Å². The zero-order valence-corrected chi connectivity index (χ0v) is 28.5. The average molecular weight is 656 g/mol. The largest absolute Gasteiger partial charge is 0.456 e. The van der Waals surface area contributed by atoms with Gasteiger partial charge in [0.15, 0.2) is 0 Å². The topological polar surface area (TPSA) is 26.0 Å². The normalized spacial score (nSPS) is 24.2. The molecule has 244 valence electrons. The molecule has 0 aliphatic heterocycles. The van der Waals surface area contributed by atoms with E-state index in [2.05, 4.69) is 132 Å². The quantitative estimate of drug-likeness (QED) is 0.189. The highest BCUT2D eigenvalue weighted by molar-refractivity contribution is 6.08. The summed E-state index contributed by atoms with van der Waals surface area (Å²) in [5.41, 5.74) is 15.9. The maximum Gasteiger partial charge on any atom is 0.135 e. The summed E-state index contributed by atoms with van der Waals surface area (Å²) < 4.78 is 6.21. The Kier molecular flexibility index (Phi) is 5.70. The molecule has 2 heterocycles. The molecule has 2 aromatic heterocycles. The predicted octanol–water partition coefficient (Wildman–Crippen LogP) is 12.9. The van der Waals surface area contributed by atoms with Gasteiger partial charge in [-0.3, -0.25) is 4.98 Å². The molecule has 8 aromatic rings. The van der Waals surface area contributed by atoms with Gasteiger partial charge in [0, 0.05) is 28.6 Å². The number of para-hydroxylation sites is 1. The molecule has 5 aliphatic carbocycles. The van der Waals surface area contributed by atoms with E-state index < -0.39 is 0 Å². The number of furan rings is 1. The average Bonchev–Trinajstić information content (AvgIpc) is 3.70. The van der Waals surface area contributed by atoms with Gasteiger partial charge in [-0.25, -0.2) is 0 Å². The molecular weight excluding hydrogens is 619 g/mol. The van der Waals surface area contributed by atoms with Crippen LogP contribution >= 0.6 is 0 Å². The molecule has 2 nitrogen and oxygen atoms in total. The summed E-state index contributed by atoms with van der Waals surface area (Å²) in [6.07, 6.45) is 10.7. The van der Waals surface area contributed by atoms with E-state index in [1.54, 1.807) is 11.1 Å². The van der Waals surface area contributed by atoms with Crippen molar-refractivity contribution in [2.75, 3.05) is 0 Å². The zero-order valence-electron chi connectivity index (χ0n) is 28.5. The highest BCUT2D eigenvalue weighted by atomic mass is 16.3. The first-order chi connectivity index (χ1) is 25.2. The lowest BCUT2D eigenvalue weighted by atomic mass is 9.42. The van der Waals surface area contributed by atoms with Crippen LogP contribution in [0.3, 0.4) is 0 Å². The van der Waals surface area contributed by atoms with Gasteiger partial charge >= 0.3 is 0 Å². The van der Waals surface area contributed by atoms with Crippen molar-refractivity contribution < 1.29 is 4.42 Å². The number of hydrogen-bond acceptors (Lipinski definition) is 2. The Balaban J connectivity index is 1.10.